The van der Waals surface area contributed by atoms with Crippen LogP contribution in [0.15, 0.2) is 35.6 Å². The van der Waals surface area contributed by atoms with Gasteiger partial charge in [-0.3, -0.25) is 9.80 Å². The monoisotopic (exact) mass is 313 g/mol. The molecule has 1 aliphatic heterocycles. The van der Waals surface area contributed by atoms with E-state index in [2.05, 4.69) is 31.0 Å². The molecule has 9 nitrogen and oxygen atoms in total. The Morgan fingerprint density at radius 3 is 2.70 bits per heavy atom. The second-order valence-electron chi connectivity index (χ2n) is 4.80. The Bertz CT molecular complexity index is 669. The number of carbonyl (C=O) groups is 1. The van der Waals surface area contributed by atoms with Crippen molar-refractivity contribution in [3.8, 4) is 0 Å². The quantitative estimate of drug-likeness (QED) is 0.803. The Labute approximate surface area is 132 Å². The normalized spacial score (nSPS) is 14.9. The number of ether oxygens (including phenoxy) is 1. The summed E-state index contributed by atoms with van der Waals surface area (Å²) in [6.07, 6.45) is 3.10. The Hall–Kier alpha value is -2.94. The minimum absolute atomic E-state index is 0.253. The molecule has 3 rings (SSSR count). The summed E-state index contributed by atoms with van der Waals surface area (Å²) in [7, 11) is 0. The molecule has 0 spiro atoms. The van der Waals surface area contributed by atoms with E-state index in [1.54, 1.807) is 18.3 Å². The molecule has 23 heavy (non-hydrogen) atoms. The lowest BCUT2D eigenvalue weighted by Gasteiger charge is -2.23. The summed E-state index contributed by atoms with van der Waals surface area (Å²) in [5, 5.41) is 22.8. The van der Waals surface area contributed by atoms with E-state index < -0.39 is 0 Å². The number of benzene rings is 1. The van der Waals surface area contributed by atoms with E-state index in [1.807, 2.05) is 17.1 Å². The van der Waals surface area contributed by atoms with Crippen LogP contribution in [0.25, 0.3) is 0 Å². The predicted molar refractivity (Wildman–Crippen MR) is 82.0 cm³/mol. The number of rotatable bonds is 4. The lowest BCUT2D eigenvalue weighted by atomic mass is 10.1. The first-order chi connectivity index (χ1) is 11.3. The zero-order valence-corrected chi connectivity index (χ0v) is 12.3. The van der Waals surface area contributed by atoms with E-state index in [9.17, 15) is 4.79 Å². The molecule has 1 aromatic heterocycles. The number of hydrazone groups is 1. The van der Waals surface area contributed by atoms with Gasteiger partial charge in [-0.1, -0.05) is 12.1 Å². The van der Waals surface area contributed by atoms with E-state index in [0.717, 1.165) is 18.7 Å². The van der Waals surface area contributed by atoms with E-state index in [1.165, 1.54) is 6.20 Å². The van der Waals surface area contributed by atoms with Crippen molar-refractivity contribution in [1.29, 1.82) is 0 Å². The zero-order valence-electron chi connectivity index (χ0n) is 12.3. The molecule has 1 aliphatic rings. The summed E-state index contributed by atoms with van der Waals surface area (Å²) in [5.41, 5.74) is 1.42. The highest BCUT2D eigenvalue weighted by Gasteiger charge is 2.08. The van der Waals surface area contributed by atoms with Crippen LogP contribution in [-0.2, 0) is 4.74 Å². The number of amides is 1. The van der Waals surface area contributed by atoms with Crippen LogP contribution in [0.5, 0.6) is 0 Å². The molecule has 1 saturated heterocycles. The van der Waals surface area contributed by atoms with Gasteiger partial charge < -0.3 is 10.1 Å². The minimum Gasteiger partial charge on any atom is -0.378 e. The van der Waals surface area contributed by atoms with E-state index in [-0.39, 0.29) is 11.7 Å². The van der Waals surface area contributed by atoms with Crippen molar-refractivity contribution in [2.75, 3.05) is 31.6 Å². The Morgan fingerprint density at radius 2 is 2.00 bits per heavy atom. The molecule has 0 bridgehead atoms. The largest absolute Gasteiger partial charge is 0.378 e. The van der Waals surface area contributed by atoms with Crippen LogP contribution in [0.4, 0.5) is 5.82 Å². The van der Waals surface area contributed by atoms with Gasteiger partial charge in [-0.2, -0.15) is 5.10 Å². The predicted octanol–water partition coefficient (Wildman–Crippen LogP) is 0.185. The molecule has 0 unspecified atom stereocenters. The highest BCUT2D eigenvalue weighted by Crippen LogP contribution is 2.06. The van der Waals surface area contributed by atoms with Gasteiger partial charge in [-0.25, -0.2) is 0 Å². The lowest BCUT2D eigenvalue weighted by Crippen LogP contribution is -2.32. The first-order valence-electron chi connectivity index (χ1n) is 7.10. The molecule has 1 amide bonds. The number of nitrogens with one attached hydrogen (secondary N) is 1. The summed E-state index contributed by atoms with van der Waals surface area (Å²) in [5.74, 6) is -0.0353. The molecule has 1 fully saturated rings. The molecular formula is C14H15N7O2. The SMILES string of the molecule is O=C(Nc1cnnnn1)c1ccc(C=NN2CCOCC2)cc1. The molecule has 118 valence electrons. The first kappa shape index (κ1) is 15.0. The Morgan fingerprint density at radius 1 is 1.22 bits per heavy atom. The number of carbonyl (C=O) groups excluding carboxylic acids is 1. The summed E-state index contributed by atoms with van der Waals surface area (Å²) < 4.78 is 5.26. The van der Waals surface area contributed by atoms with Crippen LogP contribution in [0.3, 0.4) is 0 Å². The average Bonchev–Trinajstić information content (AvgIpc) is 2.62. The van der Waals surface area contributed by atoms with Crippen LogP contribution in [0.1, 0.15) is 15.9 Å². The maximum atomic E-state index is 12.0. The van der Waals surface area contributed by atoms with Crippen molar-refractivity contribution in [3.63, 3.8) is 0 Å². The third-order valence-corrected chi connectivity index (χ3v) is 3.20. The summed E-state index contributed by atoms with van der Waals surface area (Å²) in [6, 6.07) is 7.10. The molecule has 0 saturated carbocycles. The number of morpholine rings is 1. The molecular weight excluding hydrogens is 298 g/mol. The third kappa shape index (κ3) is 4.27. The highest BCUT2D eigenvalue weighted by molar-refractivity contribution is 6.03. The maximum absolute atomic E-state index is 12.0. The average molecular weight is 313 g/mol. The standard InChI is InChI=1S/C14H15N7O2/c22-14(17-13-10-15-19-20-18-13)12-3-1-11(2-4-12)9-16-21-5-7-23-8-6-21/h1-4,9-10H,5-8H2,(H,17,18,19,22). The van der Waals surface area contributed by atoms with E-state index in [4.69, 9.17) is 4.74 Å². The van der Waals surface area contributed by atoms with Crippen molar-refractivity contribution in [2.24, 2.45) is 5.10 Å². The fourth-order valence-electron chi connectivity index (χ4n) is 1.98. The maximum Gasteiger partial charge on any atom is 0.256 e. The van der Waals surface area contributed by atoms with Crippen molar-refractivity contribution < 1.29 is 9.53 Å². The van der Waals surface area contributed by atoms with Gasteiger partial charge in [0.05, 0.1) is 38.7 Å². The Kier molecular flexibility index (Phi) is 4.79. The van der Waals surface area contributed by atoms with Gasteiger partial charge in [-0.15, -0.1) is 10.2 Å². The second-order valence-corrected chi connectivity index (χ2v) is 4.80. The van der Waals surface area contributed by atoms with Gasteiger partial charge in [0.25, 0.3) is 5.91 Å². The molecule has 1 aromatic carbocycles. The molecule has 9 heteroatoms. The zero-order chi connectivity index (χ0) is 15.9. The number of hydrogen-bond acceptors (Lipinski definition) is 8. The Balaban J connectivity index is 1.60. The highest BCUT2D eigenvalue weighted by atomic mass is 16.5. The lowest BCUT2D eigenvalue weighted by molar-refractivity contribution is 0.0397. The molecule has 0 aliphatic carbocycles. The smallest absolute Gasteiger partial charge is 0.256 e. The van der Waals surface area contributed by atoms with Crippen LogP contribution in [0, 0.1) is 0 Å². The number of anilines is 1. The van der Waals surface area contributed by atoms with Gasteiger partial charge >= 0.3 is 0 Å². The van der Waals surface area contributed by atoms with Crippen LogP contribution in [0.2, 0.25) is 0 Å². The minimum atomic E-state index is -0.288. The summed E-state index contributed by atoms with van der Waals surface area (Å²) in [4.78, 5) is 12.0. The number of hydrogen-bond donors (Lipinski definition) is 1. The molecule has 0 atom stereocenters. The van der Waals surface area contributed by atoms with Gasteiger partial charge in [0.1, 0.15) is 0 Å². The molecule has 2 heterocycles. The molecule has 1 N–H and O–H groups in total. The van der Waals surface area contributed by atoms with Gasteiger partial charge in [-0.05, 0) is 28.1 Å². The molecule has 2 aromatic rings. The van der Waals surface area contributed by atoms with E-state index >= 15 is 0 Å². The van der Waals surface area contributed by atoms with Crippen molar-refractivity contribution in [3.05, 3.63) is 41.6 Å². The topological polar surface area (TPSA) is 105 Å². The van der Waals surface area contributed by atoms with Crippen LogP contribution < -0.4 is 5.32 Å². The fourth-order valence-corrected chi connectivity index (χ4v) is 1.98. The van der Waals surface area contributed by atoms with Gasteiger partial charge in [0, 0.05) is 5.56 Å². The summed E-state index contributed by atoms with van der Waals surface area (Å²) in [6.45, 7) is 2.97. The van der Waals surface area contributed by atoms with Crippen LogP contribution >= 0.6 is 0 Å². The van der Waals surface area contributed by atoms with E-state index in [0.29, 0.717) is 18.8 Å². The summed E-state index contributed by atoms with van der Waals surface area (Å²) >= 11 is 0. The fraction of sp³-hybridized carbons (Fsp3) is 0.286. The second kappa shape index (κ2) is 7.36. The first-order valence-corrected chi connectivity index (χ1v) is 7.10. The molecule has 0 radical (unpaired) electrons. The van der Waals surface area contributed by atoms with Gasteiger partial charge in [0.2, 0.25) is 0 Å². The van der Waals surface area contributed by atoms with Crippen LogP contribution in [-0.4, -0.2) is 64.1 Å². The third-order valence-electron chi connectivity index (χ3n) is 3.20. The number of nitrogens with zero attached hydrogens (tertiary/aromatic N) is 6. The van der Waals surface area contributed by atoms with Gasteiger partial charge in [0.15, 0.2) is 5.82 Å². The number of aromatic nitrogens is 4. The van der Waals surface area contributed by atoms with Crippen molar-refractivity contribution in [2.45, 2.75) is 0 Å². The van der Waals surface area contributed by atoms with Crippen molar-refractivity contribution in [1.82, 2.24) is 25.6 Å². The van der Waals surface area contributed by atoms with Crippen molar-refractivity contribution >= 4 is 17.9 Å².